The highest BCUT2D eigenvalue weighted by Gasteiger charge is 2.50. The SMILES string of the molecule is CC1CC(C#N)(C(=O)N(CCO)Cc2ccccc2)C1. The van der Waals surface area contributed by atoms with Gasteiger partial charge in [0.15, 0.2) is 0 Å². The summed E-state index contributed by atoms with van der Waals surface area (Å²) in [6, 6.07) is 11.8. The van der Waals surface area contributed by atoms with Crippen LogP contribution in [0.3, 0.4) is 0 Å². The van der Waals surface area contributed by atoms with Crippen LogP contribution in [-0.2, 0) is 11.3 Å². The molecule has 1 aliphatic carbocycles. The highest BCUT2D eigenvalue weighted by atomic mass is 16.3. The number of carbonyl (C=O) groups excluding carboxylic acids is 1. The van der Waals surface area contributed by atoms with E-state index < -0.39 is 5.41 Å². The lowest BCUT2D eigenvalue weighted by atomic mass is 9.62. The Morgan fingerprint density at radius 3 is 2.60 bits per heavy atom. The Kier molecular flexibility index (Phi) is 4.41. The third-order valence-electron chi connectivity index (χ3n) is 3.89. The minimum absolute atomic E-state index is 0.0877. The zero-order valence-corrected chi connectivity index (χ0v) is 11.7. The average molecular weight is 272 g/mol. The van der Waals surface area contributed by atoms with Crippen LogP contribution in [0.2, 0.25) is 0 Å². The molecule has 0 radical (unpaired) electrons. The summed E-state index contributed by atoms with van der Waals surface area (Å²) in [5, 5.41) is 18.5. The van der Waals surface area contributed by atoms with Gasteiger partial charge in [-0.3, -0.25) is 4.79 Å². The maximum atomic E-state index is 12.6. The molecule has 0 aliphatic heterocycles. The second kappa shape index (κ2) is 6.06. The minimum atomic E-state index is -0.872. The van der Waals surface area contributed by atoms with E-state index in [1.165, 1.54) is 0 Å². The Morgan fingerprint density at radius 1 is 1.45 bits per heavy atom. The third-order valence-corrected chi connectivity index (χ3v) is 3.89. The van der Waals surface area contributed by atoms with Crippen LogP contribution in [0, 0.1) is 22.7 Å². The number of aliphatic hydroxyl groups is 1. The molecule has 0 spiro atoms. The maximum absolute atomic E-state index is 12.6. The third kappa shape index (κ3) is 2.83. The Morgan fingerprint density at radius 2 is 2.10 bits per heavy atom. The molecule has 0 heterocycles. The molecule has 0 aromatic heterocycles. The average Bonchev–Trinajstić information content (AvgIpc) is 2.43. The second-order valence-electron chi connectivity index (χ2n) is 5.64. The van der Waals surface area contributed by atoms with Gasteiger partial charge in [0.2, 0.25) is 5.91 Å². The van der Waals surface area contributed by atoms with E-state index in [1.807, 2.05) is 30.3 Å². The summed E-state index contributed by atoms with van der Waals surface area (Å²) in [6.45, 7) is 2.68. The van der Waals surface area contributed by atoms with Crippen LogP contribution in [0.1, 0.15) is 25.3 Å². The van der Waals surface area contributed by atoms with E-state index in [9.17, 15) is 10.1 Å². The largest absolute Gasteiger partial charge is 0.395 e. The number of rotatable bonds is 5. The van der Waals surface area contributed by atoms with Crippen LogP contribution >= 0.6 is 0 Å². The van der Waals surface area contributed by atoms with Crippen LogP contribution in [-0.4, -0.2) is 29.1 Å². The first-order valence-electron chi connectivity index (χ1n) is 6.97. The second-order valence-corrected chi connectivity index (χ2v) is 5.64. The molecule has 0 unspecified atom stereocenters. The molecule has 1 aromatic carbocycles. The van der Waals surface area contributed by atoms with Gasteiger partial charge in [-0.25, -0.2) is 0 Å². The maximum Gasteiger partial charge on any atom is 0.243 e. The summed E-state index contributed by atoms with van der Waals surface area (Å²) >= 11 is 0. The van der Waals surface area contributed by atoms with Gasteiger partial charge in [-0.05, 0) is 24.3 Å². The Labute approximate surface area is 119 Å². The van der Waals surface area contributed by atoms with Crippen molar-refractivity contribution in [3.05, 3.63) is 35.9 Å². The predicted molar refractivity (Wildman–Crippen MR) is 75.4 cm³/mol. The summed E-state index contributed by atoms with van der Waals surface area (Å²) < 4.78 is 0. The van der Waals surface area contributed by atoms with Crippen LogP contribution in [0.4, 0.5) is 0 Å². The fraction of sp³-hybridized carbons (Fsp3) is 0.500. The summed E-state index contributed by atoms with van der Waals surface area (Å²) in [7, 11) is 0. The lowest BCUT2D eigenvalue weighted by Gasteiger charge is -2.42. The topological polar surface area (TPSA) is 64.3 Å². The molecule has 1 N–H and O–H groups in total. The molecule has 1 aromatic rings. The van der Waals surface area contributed by atoms with Gasteiger partial charge < -0.3 is 10.0 Å². The summed E-state index contributed by atoms with van der Waals surface area (Å²) in [5.41, 5.74) is 0.137. The van der Waals surface area contributed by atoms with Crippen LogP contribution in [0.15, 0.2) is 30.3 Å². The molecule has 20 heavy (non-hydrogen) atoms. The number of carbonyl (C=O) groups is 1. The number of benzene rings is 1. The molecule has 1 aliphatic rings. The zero-order chi connectivity index (χ0) is 14.6. The first kappa shape index (κ1) is 14.5. The van der Waals surface area contributed by atoms with Crippen LogP contribution < -0.4 is 0 Å². The molecule has 1 fully saturated rings. The molecule has 0 saturated heterocycles. The molecule has 1 amide bonds. The fourth-order valence-corrected chi connectivity index (χ4v) is 2.92. The smallest absolute Gasteiger partial charge is 0.243 e. The van der Waals surface area contributed by atoms with Crippen molar-refractivity contribution in [3.8, 4) is 6.07 Å². The van der Waals surface area contributed by atoms with Crippen molar-refractivity contribution in [3.63, 3.8) is 0 Å². The molecule has 4 heteroatoms. The lowest BCUT2D eigenvalue weighted by Crippen LogP contribution is -2.50. The van der Waals surface area contributed by atoms with Gasteiger partial charge >= 0.3 is 0 Å². The van der Waals surface area contributed by atoms with E-state index in [1.54, 1.807) is 4.90 Å². The van der Waals surface area contributed by atoms with Crippen molar-refractivity contribution in [2.24, 2.45) is 11.3 Å². The Hall–Kier alpha value is -1.86. The standard InChI is InChI=1S/C16H20N2O2/c1-13-9-16(10-13,12-17)15(20)18(7-8-19)11-14-5-3-2-4-6-14/h2-6,13,19H,7-11H2,1H3. The van der Waals surface area contributed by atoms with Gasteiger partial charge in [-0.15, -0.1) is 0 Å². The van der Waals surface area contributed by atoms with Crippen molar-refractivity contribution in [2.45, 2.75) is 26.3 Å². The summed E-state index contributed by atoms with van der Waals surface area (Å²) in [4.78, 5) is 14.2. The quantitative estimate of drug-likeness (QED) is 0.891. The fourth-order valence-electron chi connectivity index (χ4n) is 2.92. The van der Waals surface area contributed by atoms with E-state index in [-0.39, 0.29) is 19.1 Å². The number of amides is 1. The molecular weight excluding hydrogens is 252 g/mol. The highest BCUT2D eigenvalue weighted by molar-refractivity contribution is 5.86. The van der Waals surface area contributed by atoms with Gasteiger partial charge in [0, 0.05) is 13.1 Å². The normalized spacial score (nSPS) is 24.6. The van der Waals surface area contributed by atoms with Crippen LogP contribution in [0.25, 0.3) is 0 Å². The van der Waals surface area contributed by atoms with Crippen molar-refractivity contribution < 1.29 is 9.90 Å². The molecule has 0 atom stereocenters. The molecule has 0 bridgehead atoms. The summed E-state index contributed by atoms with van der Waals surface area (Å²) in [6.07, 6.45) is 1.25. The van der Waals surface area contributed by atoms with Gasteiger partial charge in [0.05, 0.1) is 12.7 Å². The number of hydrogen-bond donors (Lipinski definition) is 1. The van der Waals surface area contributed by atoms with E-state index in [0.29, 0.717) is 25.3 Å². The van der Waals surface area contributed by atoms with Gasteiger partial charge in [-0.2, -0.15) is 5.26 Å². The van der Waals surface area contributed by atoms with E-state index in [2.05, 4.69) is 13.0 Å². The lowest BCUT2D eigenvalue weighted by molar-refractivity contribution is -0.146. The molecule has 106 valence electrons. The van der Waals surface area contributed by atoms with Gasteiger partial charge in [-0.1, -0.05) is 37.3 Å². The number of hydrogen-bond acceptors (Lipinski definition) is 3. The van der Waals surface area contributed by atoms with Crippen molar-refractivity contribution >= 4 is 5.91 Å². The molecule has 2 rings (SSSR count). The number of nitrogens with zero attached hydrogens (tertiary/aromatic N) is 2. The predicted octanol–water partition coefficient (Wildman–Crippen LogP) is 1.95. The molecule has 4 nitrogen and oxygen atoms in total. The van der Waals surface area contributed by atoms with Crippen molar-refractivity contribution in [1.29, 1.82) is 5.26 Å². The Bertz CT molecular complexity index is 501. The molecule has 1 saturated carbocycles. The van der Waals surface area contributed by atoms with Crippen LogP contribution in [0.5, 0.6) is 0 Å². The van der Waals surface area contributed by atoms with E-state index in [0.717, 1.165) is 5.56 Å². The monoisotopic (exact) mass is 272 g/mol. The number of nitriles is 1. The zero-order valence-electron chi connectivity index (χ0n) is 11.7. The van der Waals surface area contributed by atoms with E-state index in [4.69, 9.17) is 5.11 Å². The molecular formula is C16H20N2O2. The van der Waals surface area contributed by atoms with E-state index >= 15 is 0 Å². The first-order valence-corrected chi connectivity index (χ1v) is 6.97. The van der Waals surface area contributed by atoms with Crippen molar-refractivity contribution in [1.82, 2.24) is 4.90 Å². The van der Waals surface area contributed by atoms with Gasteiger partial charge in [0.25, 0.3) is 0 Å². The first-order chi connectivity index (χ1) is 9.61. The number of aliphatic hydroxyl groups excluding tert-OH is 1. The highest BCUT2D eigenvalue weighted by Crippen LogP contribution is 2.46. The van der Waals surface area contributed by atoms with Crippen molar-refractivity contribution in [2.75, 3.05) is 13.2 Å². The Balaban J connectivity index is 2.12. The van der Waals surface area contributed by atoms with Gasteiger partial charge in [0.1, 0.15) is 5.41 Å². The minimum Gasteiger partial charge on any atom is -0.395 e. The summed E-state index contributed by atoms with van der Waals surface area (Å²) in [5.74, 6) is 0.280.